The Kier molecular flexibility index (Phi) is 18.8. The second-order valence-electron chi connectivity index (χ2n) is 10.3. The molecule has 2 amide bonds. The minimum Gasteiger partial charge on any atom is -0.377 e. The van der Waals surface area contributed by atoms with Gasteiger partial charge in [-0.25, -0.2) is 17.9 Å². The molecule has 0 aliphatic carbocycles. The summed E-state index contributed by atoms with van der Waals surface area (Å²) in [5.74, 6) is 0. The van der Waals surface area contributed by atoms with Crippen LogP contribution in [0.3, 0.4) is 0 Å². The molecule has 38 heavy (non-hydrogen) atoms. The largest absolute Gasteiger partial charge is 0.377 e. The molecule has 220 valence electrons. The van der Waals surface area contributed by atoms with Crippen LogP contribution in [0.25, 0.3) is 0 Å². The van der Waals surface area contributed by atoms with E-state index < -0.39 is 22.2 Å². The van der Waals surface area contributed by atoms with Crippen LogP contribution in [0.4, 0.5) is 4.79 Å². The summed E-state index contributed by atoms with van der Waals surface area (Å²) < 4.78 is 34.1. The van der Waals surface area contributed by atoms with Crippen molar-refractivity contribution in [1.29, 1.82) is 0 Å². The van der Waals surface area contributed by atoms with Gasteiger partial charge in [-0.05, 0) is 43.4 Å². The lowest BCUT2D eigenvalue weighted by Gasteiger charge is -2.23. The fourth-order valence-electron chi connectivity index (χ4n) is 4.89. The van der Waals surface area contributed by atoms with E-state index in [1.54, 1.807) is 13.2 Å². The molecule has 0 radical (unpaired) electrons. The fourth-order valence-corrected chi connectivity index (χ4v) is 6.37. The first-order valence-electron chi connectivity index (χ1n) is 15.0. The molecule has 0 aliphatic heterocycles. The number of benzene rings is 1. The monoisotopic (exact) mass is 572 g/mol. The lowest BCUT2D eigenvalue weighted by molar-refractivity contribution is 0.0969. The van der Waals surface area contributed by atoms with E-state index in [2.05, 4.69) is 17.0 Å². The molecule has 1 unspecified atom stereocenters. The van der Waals surface area contributed by atoms with Gasteiger partial charge in [-0.1, -0.05) is 116 Å². The Hall–Kier alpha value is -1.31. The summed E-state index contributed by atoms with van der Waals surface area (Å²) in [6.45, 7) is 6.51. The van der Waals surface area contributed by atoms with E-state index in [1.165, 1.54) is 83.1 Å². The Labute approximate surface area is 238 Å². The first kappa shape index (κ1) is 34.7. The van der Waals surface area contributed by atoms with Crippen molar-refractivity contribution < 1.29 is 17.9 Å². The zero-order chi connectivity index (χ0) is 28.2. The van der Waals surface area contributed by atoms with Crippen LogP contribution < -0.4 is 10.0 Å². The molecule has 0 saturated carbocycles. The molecule has 1 aromatic carbocycles. The van der Waals surface area contributed by atoms with Gasteiger partial charge in [0, 0.05) is 24.2 Å². The lowest BCUT2D eigenvalue weighted by Crippen LogP contribution is -2.40. The van der Waals surface area contributed by atoms with Gasteiger partial charge >= 0.3 is 6.03 Å². The Balaban J connectivity index is 2.64. The maximum absolute atomic E-state index is 13.2. The molecule has 2 N–H and O–H groups in total. The molecule has 1 rings (SSSR count). The zero-order valence-corrected chi connectivity index (χ0v) is 26.0. The number of nitrogens with one attached hydrogen (secondary N) is 2. The molecule has 8 heteroatoms. The summed E-state index contributed by atoms with van der Waals surface area (Å²) in [6.07, 6.45) is 19.5. The second-order valence-corrected chi connectivity index (χ2v) is 12.3. The zero-order valence-electron chi connectivity index (χ0n) is 24.4. The lowest BCUT2D eigenvalue weighted by atomic mass is 9.95. The van der Waals surface area contributed by atoms with Gasteiger partial charge in [0.25, 0.3) is 10.0 Å². The Morgan fingerprint density at radius 2 is 1.37 bits per heavy atom. The maximum Gasteiger partial charge on any atom is 0.328 e. The van der Waals surface area contributed by atoms with Crippen LogP contribution in [0.15, 0.2) is 17.0 Å². The average Bonchev–Trinajstić information content (AvgIpc) is 2.89. The van der Waals surface area contributed by atoms with E-state index in [0.29, 0.717) is 36.4 Å². The Bertz CT molecular complexity index is 888. The van der Waals surface area contributed by atoms with Gasteiger partial charge < -0.3 is 10.1 Å². The third kappa shape index (κ3) is 13.2. The van der Waals surface area contributed by atoms with Crippen LogP contribution in [0.1, 0.15) is 141 Å². The van der Waals surface area contributed by atoms with E-state index in [4.69, 9.17) is 16.3 Å². The van der Waals surface area contributed by atoms with Gasteiger partial charge in [0.1, 0.15) is 0 Å². The Morgan fingerprint density at radius 1 is 0.842 bits per heavy atom. The Morgan fingerprint density at radius 3 is 1.84 bits per heavy atom. The van der Waals surface area contributed by atoms with E-state index in [0.717, 1.165) is 18.4 Å². The predicted molar refractivity (Wildman–Crippen MR) is 160 cm³/mol. The van der Waals surface area contributed by atoms with Gasteiger partial charge in [-0.2, -0.15) is 0 Å². The number of unbranched alkanes of at least 4 members (excludes halogenated alkanes) is 13. The minimum absolute atomic E-state index is 0.0580. The highest BCUT2D eigenvalue weighted by Crippen LogP contribution is 2.35. The quantitative estimate of drug-likeness (QED) is 0.136. The number of ether oxygens (including phenoxy) is 1. The maximum atomic E-state index is 13.2. The topological polar surface area (TPSA) is 84.5 Å². The SMILES string of the molecule is CCCCCCCCCCCCCCCCc1c(Cl)ccc(S(=O)(=O)NC(=O)NCCC)c1C(CC)OC. The number of amides is 2. The number of urea groups is 1. The number of rotatable bonds is 22. The van der Waals surface area contributed by atoms with Crippen molar-refractivity contribution in [1.82, 2.24) is 10.0 Å². The average molecular weight is 573 g/mol. The van der Waals surface area contributed by atoms with Gasteiger partial charge in [0.05, 0.1) is 11.0 Å². The summed E-state index contributed by atoms with van der Waals surface area (Å²) in [4.78, 5) is 12.2. The number of halogens is 1. The van der Waals surface area contributed by atoms with Gasteiger partial charge in [0.2, 0.25) is 0 Å². The summed E-state index contributed by atoms with van der Waals surface area (Å²) in [5, 5.41) is 3.10. The van der Waals surface area contributed by atoms with Crippen molar-refractivity contribution in [2.45, 2.75) is 141 Å². The van der Waals surface area contributed by atoms with Crippen molar-refractivity contribution in [2.75, 3.05) is 13.7 Å². The van der Waals surface area contributed by atoms with E-state index in [-0.39, 0.29) is 4.90 Å². The smallest absolute Gasteiger partial charge is 0.328 e. The number of carbonyl (C=O) groups excluding carboxylic acids is 1. The highest BCUT2D eigenvalue weighted by Gasteiger charge is 2.28. The molecule has 0 fully saturated rings. The molecule has 1 aromatic rings. The number of hydrogen-bond acceptors (Lipinski definition) is 4. The van der Waals surface area contributed by atoms with Crippen molar-refractivity contribution >= 4 is 27.7 Å². The third-order valence-electron chi connectivity index (χ3n) is 7.07. The minimum atomic E-state index is -4.08. The summed E-state index contributed by atoms with van der Waals surface area (Å²) in [5.41, 5.74) is 1.36. The molecule has 0 bridgehead atoms. The number of hydrogen-bond donors (Lipinski definition) is 2. The van der Waals surface area contributed by atoms with Crippen LogP contribution in [0.2, 0.25) is 5.02 Å². The van der Waals surface area contributed by atoms with Gasteiger partial charge in [-0.15, -0.1) is 0 Å². The first-order chi connectivity index (χ1) is 18.3. The molecule has 6 nitrogen and oxygen atoms in total. The van der Waals surface area contributed by atoms with Crippen LogP contribution >= 0.6 is 11.6 Å². The second kappa shape index (κ2) is 20.6. The highest BCUT2D eigenvalue weighted by atomic mass is 35.5. The molecule has 0 aliphatic rings. The highest BCUT2D eigenvalue weighted by molar-refractivity contribution is 7.90. The van der Waals surface area contributed by atoms with Crippen LogP contribution in [-0.2, 0) is 21.2 Å². The van der Waals surface area contributed by atoms with E-state index in [1.807, 2.05) is 13.8 Å². The third-order valence-corrected chi connectivity index (χ3v) is 8.81. The summed E-state index contributed by atoms with van der Waals surface area (Å²) in [7, 11) is -2.51. The molecular weight excluding hydrogens is 520 g/mol. The van der Waals surface area contributed by atoms with E-state index in [9.17, 15) is 13.2 Å². The normalized spacial score (nSPS) is 12.4. The van der Waals surface area contributed by atoms with Crippen molar-refractivity contribution in [3.63, 3.8) is 0 Å². The fraction of sp³-hybridized carbons (Fsp3) is 0.767. The molecule has 0 saturated heterocycles. The van der Waals surface area contributed by atoms with Crippen LogP contribution in [0.5, 0.6) is 0 Å². The van der Waals surface area contributed by atoms with Crippen molar-refractivity contribution in [3.05, 3.63) is 28.3 Å². The predicted octanol–water partition coefficient (Wildman–Crippen LogP) is 8.86. The number of methoxy groups -OCH3 is 1. The molecule has 1 atom stereocenters. The standard InChI is InChI=1S/C30H53ClN2O4S/c1-5-8-9-10-11-12-13-14-15-16-17-18-19-20-21-25-26(31)22-23-28(29(25)27(7-3)37-4)38(35,36)33-30(34)32-24-6-2/h22-23,27H,5-21,24H2,1-4H3,(H2,32,33,34). The van der Waals surface area contributed by atoms with Crippen LogP contribution in [-0.4, -0.2) is 28.1 Å². The number of carbonyl (C=O) groups is 1. The molecule has 0 aromatic heterocycles. The van der Waals surface area contributed by atoms with E-state index >= 15 is 0 Å². The van der Waals surface area contributed by atoms with Crippen molar-refractivity contribution in [3.8, 4) is 0 Å². The number of sulfonamides is 1. The van der Waals surface area contributed by atoms with Crippen LogP contribution in [0, 0.1) is 0 Å². The first-order valence-corrected chi connectivity index (χ1v) is 16.8. The summed E-state index contributed by atoms with van der Waals surface area (Å²) >= 11 is 6.59. The van der Waals surface area contributed by atoms with Crippen molar-refractivity contribution in [2.24, 2.45) is 0 Å². The summed E-state index contributed by atoms with van der Waals surface area (Å²) in [6, 6.07) is 2.36. The van der Waals surface area contributed by atoms with Gasteiger partial charge in [-0.3, -0.25) is 0 Å². The molecule has 0 spiro atoms. The molecular formula is C30H53ClN2O4S. The molecule has 0 heterocycles. The van der Waals surface area contributed by atoms with Gasteiger partial charge in [0.15, 0.2) is 0 Å².